The molecule has 98 valence electrons. The van der Waals surface area contributed by atoms with E-state index in [0.29, 0.717) is 33.0 Å². The summed E-state index contributed by atoms with van der Waals surface area (Å²) in [5.41, 5.74) is 0. The molecule has 1 rings (SSSR count). The zero-order valence-corrected chi connectivity index (χ0v) is 10.5. The standard InChI is InChI=1S/C12H22N2O3/c1-3-13-4-5-14(12-13)6-7-16-10-11-17-9-8-15-2/h3-5H,1,6-12H2,2H3. The molecule has 0 aromatic carbocycles. The molecule has 0 amide bonds. The van der Waals surface area contributed by atoms with E-state index in [-0.39, 0.29) is 0 Å². The lowest BCUT2D eigenvalue weighted by Gasteiger charge is -2.18. The quantitative estimate of drug-likeness (QED) is 0.531. The van der Waals surface area contributed by atoms with Crippen molar-refractivity contribution in [1.82, 2.24) is 9.80 Å². The minimum absolute atomic E-state index is 0.623. The summed E-state index contributed by atoms with van der Waals surface area (Å²) in [5, 5.41) is 0. The number of hydrogen-bond acceptors (Lipinski definition) is 5. The van der Waals surface area contributed by atoms with E-state index in [9.17, 15) is 0 Å². The van der Waals surface area contributed by atoms with Crippen molar-refractivity contribution < 1.29 is 14.2 Å². The Kier molecular flexibility index (Phi) is 7.46. The SMILES string of the molecule is C=CN1C=CN(CCOCCOCCOC)C1. The summed E-state index contributed by atoms with van der Waals surface area (Å²) in [6, 6.07) is 0. The normalized spacial score (nSPS) is 14.6. The van der Waals surface area contributed by atoms with Crippen LogP contribution in [0.1, 0.15) is 0 Å². The van der Waals surface area contributed by atoms with Gasteiger partial charge in [0.15, 0.2) is 0 Å². The minimum atomic E-state index is 0.623. The lowest BCUT2D eigenvalue weighted by atomic mass is 10.6. The highest BCUT2D eigenvalue weighted by Gasteiger charge is 2.08. The van der Waals surface area contributed by atoms with Crippen LogP contribution in [-0.4, -0.2) is 63.2 Å². The Morgan fingerprint density at radius 1 is 1.12 bits per heavy atom. The van der Waals surface area contributed by atoms with E-state index in [1.54, 1.807) is 13.3 Å². The predicted molar refractivity (Wildman–Crippen MR) is 66.3 cm³/mol. The van der Waals surface area contributed by atoms with E-state index in [4.69, 9.17) is 14.2 Å². The summed E-state index contributed by atoms with van der Waals surface area (Å²) in [6.07, 6.45) is 5.85. The highest BCUT2D eigenvalue weighted by atomic mass is 16.5. The third-order valence-electron chi connectivity index (χ3n) is 2.38. The van der Waals surface area contributed by atoms with Crippen molar-refractivity contribution >= 4 is 0 Å². The zero-order valence-electron chi connectivity index (χ0n) is 10.5. The van der Waals surface area contributed by atoms with Crippen molar-refractivity contribution in [2.24, 2.45) is 0 Å². The van der Waals surface area contributed by atoms with Crippen molar-refractivity contribution in [3.8, 4) is 0 Å². The van der Waals surface area contributed by atoms with Gasteiger partial charge in [0.1, 0.15) is 0 Å². The Balaban J connectivity index is 1.85. The second-order valence-corrected chi connectivity index (χ2v) is 3.67. The fraction of sp³-hybridized carbons (Fsp3) is 0.667. The summed E-state index contributed by atoms with van der Waals surface area (Å²) in [4.78, 5) is 4.20. The Hall–Kier alpha value is -1.04. The summed E-state index contributed by atoms with van der Waals surface area (Å²) < 4.78 is 15.6. The second kappa shape index (κ2) is 9.04. The van der Waals surface area contributed by atoms with Crippen molar-refractivity contribution in [3.05, 3.63) is 25.2 Å². The maximum Gasteiger partial charge on any atom is 0.0936 e. The van der Waals surface area contributed by atoms with Crippen molar-refractivity contribution in [1.29, 1.82) is 0 Å². The molecular weight excluding hydrogens is 220 g/mol. The van der Waals surface area contributed by atoms with Crippen LogP contribution >= 0.6 is 0 Å². The van der Waals surface area contributed by atoms with Crippen molar-refractivity contribution in [2.75, 3.05) is 53.4 Å². The second-order valence-electron chi connectivity index (χ2n) is 3.67. The van der Waals surface area contributed by atoms with E-state index in [1.165, 1.54) is 0 Å². The molecule has 0 radical (unpaired) electrons. The number of hydrogen-bond donors (Lipinski definition) is 0. The first-order chi connectivity index (χ1) is 8.36. The van der Waals surface area contributed by atoms with Gasteiger partial charge in [0.25, 0.3) is 0 Å². The third-order valence-corrected chi connectivity index (χ3v) is 2.38. The van der Waals surface area contributed by atoms with Crippen molar-refractivity contribution in [2.45, 2.75) is 0 Å². The van der Waals surface area contributed by atoms with Crippen LogP contribution in [0.4, 0.5) is 0 Å². The number of ether oxygens (including phenoxy) is 3. The first-order valence-corrected chi connectivity index (χ1v) is 5.82. The molecule has 17 heavy (non-hydrogen) atoms. The van der Waals surface area contributed by atoms with E-state index in [1.807, 2.05) is 17.3 Å². The van der Waals surface area contributed by atoms with Gasteiger partial charge < -0.3 is 24.0 Å². The average molecular weight is 242 g/mol. The van der Waals surface area contributed by atoms with Crippen molar-refractivity contribution in [3.63, 3.8) is 0 Å². The highest BCUT2D eigenvalue weighted by Crippen LogP contribution is 2.05. The van der Waals surface area contributed by atoms with Gasteiger partial charge in [-0.3, -0.25) is 0 Å². The van der Waals surface area contributed by atoms with Gasteiger partial charge in [-0.2, -0.15) is 0 Å². The minimum Gasteiger partial charge on any atom is -0.382 e. The Morgan fingerprint density at radius 3 is 2.47 bits per heavy atom. The van der Waals surface area contributed by atoms with Gasteiger partial charge in [-0.15, -0.1) is 0 Å². The summed E-state index contributed by atoms with van der Waals surface area (Å²) in [7, 11) is 1.66. The predicted octanol–water partition coefficient (Wildman–Crippen LogP) is 0.856. The molecule has 0 N–H and O–H groups in total. The Bertz CT molecular complexity index is 234. The molecule has 5 heteroatoms. The van der Waals surface area contributed by atoms with Gasteiger partial charge in [0, 0.05) is 26.1 Å². The lowest BCUT2D eigenvalue weighted by molar-refractivity contribution is 0.0214. The third kappa shape index (κ3) is 6.31. The molecule has 1 aliphatic heterocycles. The van der Waals surface area contributed by atoms with Crippen LogP contribution in [0.15, 0.2) is 25.2 Å². The van der Waals surface area contributed by atoms with Crippen LogP contribution in [0.2, 0.25) is 0 Å². The topological polar surface area (TPSA) is 34.2 Å². The van der Waals surface area contributed by atoms with E-state index >= 15 is 0 Å². The van der Waals surface area contributed by atoms with Crippen LogP contribution < -0.4 is 0 Å². The molecular formula is C12H22N2O3. The zero-order chi connectivity index (χ0) is 12.3. The van der Waals surface area contributed by atoms with E-state index < -0.39 is 0 Å². The molecule has 0 fully saturated rings. The van der Waals surface area contributed by atoms with Gasteiger partial charge in [-0.25, -0.2) is 0 Å². The fourth-order valence-corrected chi connectivity index (χ4v) is 1.39. The molecule has 0 aromatic rings. The van der Waals surface area contributed by atoms with Gasteiger partial charge in [0.2, 0.25) is 0 Å². The fourth-order valence-electron chi connectivity index (χ4n) is 1.39. The van der Waals surface area contributed by atoms with Gasteiger partial charge >= 0.3 is 0 Å². The number of methoxy groups -OCH3 is 1. The molecule has 0 saturated heterocycles. The Morgan fingerprint density at radius 2 is 1.82 bits per heavy atom. The first-order valence-electron chi connectivity index (χ1n) is 5.82. The van der Waals surface area contributed by atoms with Crippen LogP contribution in [0.3, 0.4) is 0 Å². The van der Waals surface area contributed by atoms with Gasteiger partial charge in [-0.05, 0) is 6.20 Å². The summed E-state index contributed by atoms with van der Waals surface area (Å²) >= 11 is 0. The van der Waals surface area contributed by atoms with E-state index in [0.717, 1.165) is 13.2 Å². The monoisotopic (exact) mass is 242 g/mol. The molecule has 1 heterocycles. The lowest BCUT2D eigenvalue weighted by Crippen LogP contribution is -2.25. The number of nitrogens with zero attached hydrogens (tertiary/aromatic N) is 2. The average Bonchev–Trinajstić information content (AvgIpc) is 2.80. The smallest absolute Gasteiger partial charge is 0.0936 e. The molecule has 5 nitrogen and oxygen atoms in total. The van der Waals surface area contributed by atoms with Gasteiger partial charge in [-0.1, -0.05) is 6.58 Å². The maximum atomic E-state index is 5.46. The van der Waals surface area contributed by atoms with Crippen LogP contribution in [0, 0.1) is 0 Å². The Labute approximate surface area is 103 Å². The van der Waals surface area contributed by atoms with Crippen LogP contribution in [0.25, 0.3) is 0 Å². The maximum absolute atomic E-state index is 5.46. The molecule has 1 aliphatic rings. The molecule has 0 bridgehead atoms. The first kappa shape index (κ1) is 14.0. The molecule has 0 aliphatic carbocycles. The number of rotatable bonds is 10. The van der Waals surface area contributed by atoms with E-state index in [2.05, 4.69) is 11.5 Å². The highest BCUT2D eigenvalue weighted by molar-refractivity contribution is 4.94. The van der Waals surface area contributed by atoms with Gasteiger partial charge in [0.05, 0.1) is 39.7 Å². The molecule has 0 spiro atoms. The van der Waals surface area contributed by atoms with Crippen LogP contribution in [0.5, 0.6) is 0 Å². The molecule has 0 aromatic heterocycles. The molecule has 0 unspecified atom stereocenters. The summed E-state index contributed by atoms with van der Waals surface area (Å²) in [5.74, 6) is 0. The summed E-state index contributed by atoms with van der Waals surface area (Å²) in [6.45, 7) is 8.69. The molecule has 0 saturated carbocycles. The van der Waals surface area contributed by atoms with Crippen LogP contribution in [-0.2, 0) is 14.2 Å². The largest absolute Gasteiger partial charge is 0.382 e. The molecule has 0 atom stereocenters.